The maximum absolute atomic E-state index is 13.5. The minimum atomic E-state index is -0.409. The molecular formula is C10H13BrFN3O. The molecule has 1 N–H and O–H groups in total. The van der Waals surface area contributed by atoms with Crippen molar-refractivity contribution in [3.63, 3.8) is 0 Å². The highest BCUT2D eigenvalue weighted by Gasteiger charge is 2.10. The van der Waals surface area contributed by atoms with Gasteiger partial charge in [-0.1, -0.05) is 0 Å². The third-order valence-electron chi connectivity index (χ3n) is 2.10. The summed E-state index contributed by atoms with van der Waals surface area (Å²) in [5, 5.41) is 2.51. The average Bonchev–Trinajstić information content (AvgIpc) is 2.25. The van der Waals surface area contributed by atoms with E-state index in [1.54, 1.807) is 19.0 Å². The molecule has 1 heterocycles. The van der Waals surface area contributed by atoms with Crippen LogP contribution in [0.4, 0.5) is 10.2 Å². The first-order valence-corrected chi connectivity index (χ1v) is 5.56. The molecule has 0 fully saturated rings. The first kappa shape index (κ1) is 12.9. The van der Waals surface area contributed by atoms with Gasteiger partial charge in [-0.2, -0.15) is 0 Å². The van der Waals surface area contributed by atoms with Crippen LogP contribution in [0.5, 0.6) is 0 Å². The molecule has 0 saturated carbocycles. The minimum Gasteiger partial charge on any atom is -0.359 e. The summed E-state index contributed by atoms with van der Waals surface area (Å²) in [6.45, 7) is 0.422. The van der Waals surface area contributed by atoms with E-state index < -0.39 is 5.82 Å². The normalized spacial score (nSPS) is 10.0. The first-order valence-electron chi connectivity index (χ1n) is 4.77. The van der Waals surface area contributed by atoms with Crippen molar-refractivity contribution in [3.8, 4) is 0 Å². The number of carbonyl (C=O) groups is 1. The number of hydrogen-bond donors (Lipinski definition) is 1. The molecule has 0 bridgehead atoms. The number of nitrogens with one attached hydrogen (secondary N) is 1. The van der Waals surface area contributed by atoms with E-state index in [4.69, 9.17) is 0 Å². The topological polar surface area (TPSA) is 45.2 Å². The lowest BCUT2D eigenvalue weighted by atomic mass is 10.3. The van der Waals surface area contributed by atoms with E-state index in [0.717, 1.165) is 0 Å². The summed E-state index contributed by atoms with van der Waals surface area (Å²) < 4.78 is 14.1. The highest BCUT2D eigenvalue weighted by Crippen LogP contribution is 2.18. The van der Waals surface area contributed by atoms with Crippen LogP contribution in [0, 0.1) is 5.82 Å². The number of hydrogen-bond acceptors (Lipinski definition) is 3. The van der Waals surface area contributed by atoms with Crippen LogP contribution in [0.3, 0.4) is 0 Å². The SMILES string of the molecule is CNC(=O)CCN(C)c1ncc(Br)cc1F. The summed E-state index contributed by atoms with van der Waals surface area (Å²) >= 11 is 3.13. The largest absolute Gasteiger partial charge is 0.359 e. The predicted molar refractivity (Wildman–Crippen MR) is 63.8 cm³/mol. The van der Waals surface area contributed by atoms with Crippen LogP contribution in [-0.2, 0) is 4.79 Å². The lowest BCUT2D eigenvalue weighted by Gasteiger charge is -2.18. The van der Waals surface area contributed by atoms with E-state index in [-0.39, 0.29) is 11.7 Å². The van der Waals surface area contributed by atoms with Gasteiger partial charge in [-0.05, 0) is 22.0 Å². The highest BCUT2D eigenvalue weighted by atomic mass is 79.9. The zero-order chi connectivity index (χ0) is 12.1. The second-order valence-electron chi connectivity index (χ2n) is 3.30. The predicted octanol–water partition coefficient (Wildman–Crippen LogP) is 1.56. The minimum absolute atomic E-state index is 0.0793. The second kappa shape index (κ2) is 5.79. The zero-order valence-corrected chi connectivity index (χ0v) is 10.7. The summed E-state index contributed by atoms with van der Waals surface area (Å²) in [7, 11) is 3.27. The summed E-state index contributed by atoms with van der Waals surface area (Å²) in [5.74, 6) is -0.245. The Labute approximate surface area is 102 Å². The van der Waals surface area contributed by atoms with Crippen LogP contribution in [0.25, 0.3) is 0 Å². The van der Waals surface area contributed by atoms with Crippen LogP contribution in [0.2, 0.25) is 0 Å². The van der Waals surface area contributed by atoms with Crippen molar-refractivity contribution < 1.29 is 9.18 Å². The summed E-state index contributed by atoms with van der Waals surface area (Å²) in [6, 6.07) is 1.35. The molecule has 0 saturated heterocycles. The van der Waals surface area contributed by atoms with Gasteiger partial charge >= 0.3 is 0 Å². The maximum Gasteiger partial charge on any atom is 0.221 e. The Hall–Kier alpha value is -1.17. The van der Waals surface area contributed by atoms with Crippen LogP contribution in [0.15, 0.2) is 16.7 Å². The van der Waals surface area contributed by atoms with Crippen molar-refractivity contribution in [1.29, 1.82) is 0 Å². The fourth-order valence-electron chi connectivity index (χ4n) is 1.19. The molecule has 0 aliphatic rings. The fraction of sp³-hybridized carbons (Fsp3) is 0.400. The van der Waals surface area contributed by atoms with Crippen LogP contribution in [-0.4, -0.2) is 31.5 Å². The van der Waals surface area contributed by atoms with Gasteiger partial charge < -0.3 is 10.2 Å². The standard InChI is InChI=1S/C10H13BrFN3O/c1-13-9(16)3-4-15(2)10-8(12)5-7(11)6-14-10/h5-6H,3-4H2,1-2H3,(H,13,16). The number of nitrogens with zero attached hydrogens (tertiary/aromatic N) is 2. The zero-order valence-electron chi connectivity index (χ0n) is 9.13. The van der Waals surface area contributed by atoms with E-state index in [9.17, 15) is 9.18 Å². The van der Waals surface area contributed by atoms with Gasteiger partial charge in [0.25, 0.3) is 0 Å². The quantitative estimate of drug-likeness (QED) is 0.915. The molecule has 6 heteroatoms. The molecule has 1 aromatic rings. The monoisotopic (exact) mass is 289 g/mol. The average molecular weight is 290 g/mol. The molecule has 0 aliphatic heterocycles. The molecule has 0 atom stereocenters. The van der Waals surface area contributed by atoms with E-state index >= 15 is 0 Å². The molecule has 0 unspecified atom stereocenters. The van der Waals surface area contributed by atoms with Gasteiger partial charge in [-0.3, -0.25) is 4.79 Å². The van der Waals surface area contributed by atoms with Gasteiger partial charge in [0.1, 0.15) is 0 Å². The van der Waals surface area contributed by atoms with Crippen molar-refractivity contribution in [3.05, 3.63) is 22.6 Å². The lowest BCUT2D eigenvalue weighted by Crippen LogP contribution is -2.27. The number of carbonyl (C=O) groups excluding carboxylic acids is 1. The third kappa shape index (κ3) is 3.44. The highest BCUT2D eigenvalue weighted by molar-refractivity contribution is 9.10. The van der Waals surface area contributed by atoms with Gasteiger partial charge in [-0.15, -0.1) is 0 Å². The van der Waals surface area contributed by atoms with Crippen molar-refractivity contribution in [2.45, 2.75) is 6.42 Å². The molecule has 0 aliphatic carbocycles. The Balaban J connectivity index is 2.65. The van der Waals surface area contributed by atoms with E-state index in [1.807, 2.05) is 0 Å². The summed E-state index contributed by atoms with van der Waals surface area (Å²) in [6.07, 6.45) is 1.83. The van der Waals surface area contributed by atoms with Gasteiger partial charge in [0.05, 0.1) is 0 Å². The number of pyridine rings is 1. The van der Waals surface area contributed by atoms with Gasteiger partial charge in [-0.25, -0.2) is 9.37 Å². The number of halogens is 2. The van der Waals surface area contributed by atoms with Crippen LogP contribution >= 0.6 is 15.9 Å². The Bertz CT molecular complexity index is 386. The van der Waals surface area contributed by atoms with Crippen molar-refractivity contribution in [2.24, 2.45) is 0 Å². The summed E-state index contributed by atoms with van der Waals surface area (Å²) in [5.41, 5.74) is 0. The molecule has 0 spiro atoms. The first-order chi connectivity index (χ1) is 7.54. The number of rotatable bonds is 4. The molecular weight excluding hydrogens is 277 g/mol. The Morgan fingerprint density at radius 2 is 2.38 bits per heavy atom. The third-order valence-corrected chi connectivity index (χ3v) is 2.54. The fourth-order valence-corrected chi connectivity index (χ4v) is 1.49. The Morgan fingerprint density at radius 1 is 1.69 bits per heavy atom. The van der Waals surface area contributed by atoms with Gasteiger partial charge in [0.15, 0.2) is 11.6 Å². The van der Waals surface area contributed by atoms with Crippen molar-refractivity contribution in [1.82, 2.24) is 10.3 Å². The molecule has 16 heavy (non-hydrogen) atoms. The van der Waals surface area contributed by atoms with Crippen LogP contribution in [0.1, 0.15) is 6.42 Å². The van der Waals surface area contributed by atoms with Gasteiger partial charge in [0, 0.05) is 37.7 Å². The molecule has 88 valence electrons. The molecule has 4 nitrogen and oxygen atoms in total. The molecule has 1 rings (SSSR count). The summed E-state index contributed by atoms with van der Waals surface area (Å²) in [4.78, 5) is 16.6. The maximum atomic E-state index is 13.5. The Morgan fingerprint density at radius 3 is 2.94 bits per heavy atom. The van der Waals surface area contributed by atoms with E-state index in [2.05, 4.69) is 26.2 Å². The number of amides is 1. The van der Waals surface area contributed by atoms with Crippen molar-refractivity contribution >= 4 is 27.7 Å². The molecule has 0 radical (unpaired) electrons. The molecule has 1 aromatic heterocycles. The molecule has 1 amide bonds. The van der Waals surface area contributed by atoms with Crippen molar-refractivity contribution in [2.75, 3.05) is 25.5 Å². The van der Waals surface area contributed by atoms with E-state index in [1.165, 1.54) is 12.3 Å². The lowest BCUT2D eigenvalue weighted by molar-refractivity contribution is -0.120. The Kier molecular flexibility index (Phi) is 4.67. The van der Waals surface area contributed by atoms with E-state index in [0.29, 0.717) is 17.4 Å². The van der Waals surface area contributed by atoms with Gasteiger partial charge in [0.2, 0.25) is 5.91 Å². The number of aromatic nitrogens is 1. The second-order valence-corrected chi connectivity index (χ2v) is 4.22. The molecule has 0 aromatic carbocycles. The smallest absolute Gasteiger partial charge is 0.221 e. The number of anilines is 1. The van der Waals surface area contributed by atoms with Crippen LogP contribution < -0.4 is 10.2 Å².